The van der Waals surface area contributed by atoms with E-state index in [9.17, 15) is 4.79 Å². The number of carbonyl (C=O) groups excluding carboxylic acids is 1. The molecule has 0 unspecified atom stereocenters. The number of hydrogen-bond donors (Lipinski definition) is 1. The number of nitrogens with one attached hydrogen (secondary N) is 1. The molecule has 17 heavy (non-hydrogen) atoms. The van der Waals surface area contributed by atoms with Crippen LogP contribution in [0.4, 0.5) is 5.82 Å². The van der Waals surface area contributed by atoms with Crippen LogP contribution in [-0.4, -0.2) is 15.7 Å². The Kier molecular flexibility index (Phi) is 3.15. The average Bonchev–Trinajstić information content (AvgIpc) is 2.60. The molecule has 0 bridgehead atoms. The third-order valence-corrected chi connectivity index (χ3v) is 2.58. The van der Waals surface area contributed by atoms with Gasteiger partial charge >= 0.3 is 0 Å². The third kappa shape index (κ3) is 2.65. The van der Waals surface area contributed by atoms with E-state index in [1.54, 1.807) is 11.7 Å². The molecule has 2 aromatic rings. The van der Waals surface area contributed by atoms with Crippen LogP contribution in [-0.2, 0) is 11.8 Å². The summed E-state index contributed by atoms with van der Waals surface area (Å²) in [6, 6.07) is 9.22. The Morgan fingerprint density at radius 2 is 2.00 bits per heavy atom. The predicted octanol–water partition coefficient (Wildman–Crippen LogP) is 2.70. The van der Waals surface area contributed by atoms with E-state index >= 15 is 0 Å². The maximum absolute atomic E-state index is 11.0. The SMILES string of the molecule is CC(=O)Nc1cc(-c2ccc(Cl)cc2)nn1C. The zero-order valence-corrected chi connectivity index (χ0v) is 10.3. The van der Waals surface area contributed by atoms with Crippen molar-refractivity contribution < 1.29 is 4.79 Å². The highest BCUT2D eigenvalue weighted by atomic mass is 35.5. The summed E-state index contributed by atoms with van der Waals surface area (Å²) < 4.78 is 1.63. The molecule has 1 aromatic carbocycles. The van der Waals surface area contributed by atoms with Crippen molar-refractivity contribution in [3.63, 3.8) is 0 Å². The van der Waals surface area contributed by atoms with Crippen LogP contribution >= 0.6 is 11.6 Å². The molecule has 0 fully saturated rings. The van der Waals surface area contributed by atoms with Gasteiger partial charge in [0.05, 0.1) is 5.69 Å². The van der Waals surface area contributed by atoms with E-state index in [1.807, 2.05) is 30.3 Å². The van der Waals surface area contributed by atoms with Gasteiger partial charge in [0.15, 0.2) is 0 Å². The molecule has 1 heterocycles. The van der Waals surface area contributed by atoms with Crippen LogP contribution in [0.3, 0.4) is 0 Å². The monoisotopic (exact) mass is 249 g/mol. The molecule has 5 heteroatoms. The number of carbonyl (C=O) groups is 1. The molecule has 0 radical (unpaired) electrons. The first-order valence-electron chi connectivity index (χ1n) is 5.14. The van der Waals surface area contributed by atoms with Gasteiger partial charge in [-0.1, -0.05) is 23.7 Å². The number of anilines is 1. The van der Waals surface area contributed by atoms with Crippen LogP contribution in [0.1, 0.15) is 6.92 Å². The highest BCUT2D eigenvalue weighted by Gasteiger charge is 2.07. The van der Waals surface area contributed by atoms with Crippen molar-refractivity contribution in [2.24, 2.45) is 7.05 Å². The van der Waals surface area contributed by atoms with Crippen molar-refractivity contribution in [1.82, 2.24) is 9.78 Å². The topological polar surface area (TPSA) is 46.9 Å². The highest BCUT2D eigenvalue weighted by molar-refractivity contribution is 6.30. The Bertz CT molecular complexity index is 545. The summed E-state index contributed by atoms with van der Waals surface area (Å²) in [6.07, 6.45) is 0. The van der Waals surface area contributed by atoms with Gasteiger partial charge in [0.25, 0.3) is 0 Å². The lowest BCUT2D eigenvalue weighted by atomic mass is 10.1. The minimum absolute atomic E-state index is 0.115. The average molecular weight is 250 g/mol. The quantitative estimate of drug-likeness (QED) is 0.890. The molecule has 1 amide bonds. The highest BCUT2D eigenvalue weighted by Crippen LogP contribution is 2.22. The predicted molar refractivity (Wildman–Crippen MR) is 68.0 cm³/mol. The summed E-state index contributed by atoms with van der Waals surface area (Å²) in [5, 5.41) is 7.72. The summed E-state index contributed by atoms with van der Waals surface area (Å²) in [7, 11) is 1.78. The number of nitrogens with zero attached hydrogens (tertiary/aromatic N) is 2. The fourth-order valence-electron chi connectivity index (χ4n) is 1.53. The Morgan fingerprint density at radius 1 is 1.35 bits per heavy atom. The largest absolute Gasteiger partial charge is 0.311 e. The smallest absolute Gasteiger partial charge is 0.222 e. The third-order valence-electron chi connectivity index (χ3n) is 2.32. The zero-order chi connectivity index (χ0) is 12.4. The summed E-state index contributed by atoms with van der Waals surface area (Å²) in [6.45, 7) is 1.47. The van der Waals surface area contributed by atoms with Gasteiger partial charge in [0.1, 0.15) is 5.82 Å². The van der Waals surface area contributed by atoms with Crippen molar-refractivity contribution in [2.75, 3.05) is 5.32 Å². The molecule has 0 atom stereocenters. The van der Waals surface area contributed by atoms with Crippen LogP contribution in [0.5, 0.6) is 0 Å². The Labute approximate surface area is 104 Å². The van der Waals surface area contributed by atoms with E-state index in [0.29, 0.717) is 10.8 Å². The Balaban J connectivity index is 2.34. The Morgan fingerprint density at radius 3 is 2.59 bits per heavy atom. The molecule has 88 valence electrons. The first-order chi connectivity index (χ1) is 8.06. The maximum Gasteiger partial charge on any atom is 0.222 e. The molecule has 0 saturated carbocycles. The number of amides is 1. The molecular weight excluding hydrogens is 238 g/mol. The van der Waals surface area contributed by atoms with E-state index in [4.69, 9.17) is 11.6 Å². The molecule has 0 aliphatic heterocycles. The number of hydrogen-bond acceptors (Lipinski definition) is 2. The van der Waals surface area contributed by atoms with Gasteiger partial charge < -0.3 is 5.32 Å². The lowest BCUT2D eigenvalue weighted by Gasteiger charge is -1.99. The molecule has 0 spiro atoms. The normalized spacial score (nSPS) is 10.3. The molecule has 1 N–H and O–H groups in total. The number of aromatic nitrogens is 2. The number of halogens is 1. The number of benzene rings is 1. The van der Waals surface area contributed by atoms with Crippen molar-refractivity contribution in [1.29, 1.82) is 0 Å². The van der Waals surface area contributed by atoms with Crippen molar-refractivity contribution in [3.8, 4) is 11.3 Å². The Hall–Kier alpha value is -1.81. The summed E-state index contributed by atoms with van der Waals surface area (Å²) in [5.41, 5.74) is 1.76. The van der Waals surface area contributed by atoms with Gasteiger partial charge in [0.2, 0.25) is 5.91 Å². The van der Waals surface area contributed by atoms with E-state index < -0.39 is 0 Å². The number of aryl methyl sites for hydroxylation is 1. The second kappa shape index (κ2) is 4.59. The molecule has 0 saturated heterocycles. The second-order valence-electron chi connectivity index (χ2n) is 3.73. The molecule has 2 rings (SSSR count). The standard InChI is InChI=1S/C12H12ClN3O/c1-8(17)14-12-7-11(15-16(12)2)9-3-5-10(13)6-4-9/h3-7H,1-2H3,(H,14,17). The van der Waals surface area contributed by atoms with Crippen LogP contribution in [0.25, 0.3) is 11.3 Å². The van der Waals surface area contributed by atoms with Crippen LogP contribution in [0.2, 0.25) is 5.02 Å². The van der Waals surface area contributed by atoms with Gasteiger partial charge in [0, 0.05) is 30.6 Å². The lowest BCUT2D eigenvalue weighted by molar-refractivity contribution is -0.114. The van der Waals surface area contributed by atoms with Crippen LogP contribution in [0, 0.1) is 0 Å². The molecule has 0 aliphatic rings. The van der Waals surface area contributed by atoms with E-state index in [0.717, 1.165) is 11.3 Å². The summed E-state index contributed by atoms with van der Waals surface area (Å²) in [4.78, 5) is 11.0. The second-order valence-corrected chi connectivity index (χ2v) is 4.16. The van der Waals surface area contributed by atoms with E-state index in [1.165, 1.54) is 6.92 Å². The van der Waals surface area contributed by atoms with Gasteiger partial charge in [-0.3, -0.25) is 9.48 Å². The minimum Gasteiger partial charge on any atom is -0.311 e. The lowest BCUT2D eigenvalue weighted by Crippen LogP contribution is -2.09. The minimum atomic E-state index is -0.115. The summed E-state index contributed by atoms with van der Waals surface area (Å²) >= 11 is 5.82. The van der Waals surface area contributed by atoms with Gasteiger partial charge in [-0.25, -0.2) is 0 Å². The van der Waals surface area contributed by atoms with Gasteiger partial charge in [-0.15, -0.1) is 0 Å². The zero-order valence-electron chi connectivity index (χ0n) is 9.57. The summed E-state index contributed by atoms with van der Waals surface area (Å²) in [5.74, 6) is 0.554. The first kappa shape index (κ1) is 11.7. The van der Waals surface area contributed by atoms with Crippen LogP contribution < -0.4 is 5.32 Å². The molecule has 1 aromatic heterocycles. The van der Waals surface area contributed by atoms with Crippen LogP contribution in [0.15, 0.2) is 30.3 Å². The number of rotatable bonds is 2. The van der Waals surface area contributed by atoms with E-state index in [-0.39, 0.29) is 5.91 Å². The van der Waals surface area contributed by atoms with Gasteiger partial charge in [-0.05, 0) is 12.1 Å². The fraction of sp³-hybridized carbons (Fsp3) is 0.167. The van der Waals surface area contributed by atoms with E-state index in [2.05, 4.69) is 10.4 Å². The maximum atomic E-state index is 11.0. The van der Waals surface area contributed by atoms with Crippen molar-refractivity contribution in [3.05, 3.63) is 35.4 Å². The van der Waals surface area contributed by atoms with Gasteiger partial charge in [-0.2, -0.15) is 5.10 Å². The molecular formula is C12H12ClN3O. The molecule has 0 aliphatic carbocycles. The molecule has 4 nitrogen and oxygen atoms in total. The first-order valence-corrected chi connectivity index (χ1v) is 5.51. The van der Waals surface area contributed by atoms with Crippen molar-refractivity contribution >= 4 is 23.3 Å². The fourth-order valence-corrected chi connectivity index (χ4v) is 1.65. The van der Waals surface area contributed by atoms with Crippen molar-refractivity contribution in [2.45, 2.75) is 6.92 Å².